The summed E-state index contributed by atoms with van der Waals surface area (Å²) in [4.78, 5) is 46.2. The molecule has 2 N–H and O–H groups in total. The summed E-state index contributed by atoms with van der Waals surface area (Å²) in [5.74, 6) is -1.84. The molecule has 1 saturated carbocycles. The Bertz CT molecular complexity index is 2850. The van der Waals surface area contributed by atoms with Crippen molar-refractivity contribution >= 4 is 40.8 Å². The number of oxime groups is 1. The number of non-ortho nitro benzene ring substituents is 2. The molecule has 15 nitrogen and oxygen atoms in total. The number of nitro groups is 2. The molecule has 1 amide bonds. The molecule has 0 spiro atoms. The lowest BCUT2D eigenvalue weighted by Crippen LogP contribution is -2.70. The number of thioether (sulfide) groups is 1. The number of carbonyl (C=O) groups is 1. The number of aliphatic hydroxyl groups excluding tert-OH is 2. The number of amides is 1. The third kappa shape index (κ3) is 13.2. The fraction of sp³-hybridized carbons (Fsp3) is 0.345. The van der Waals surface area contributed by atoms with Crippen LogP contribution in [-0.4, -0.2) is 80.6 Å². The highest BCUT2D eigenvalue weighted by Crippen LogP contribution is 2.62. The number of nitrogens with zero attached hydrogens (tertiary/aromatic N) is 4. The van der Waals surface area contributed by atoms with Gasteiger partial charge in [-0.05, 0) is 133 Å². The largest absolute Gasteiger partial charge is 0.493 e. The molecule has 5 aromatic carbocycles. The molecule has 6 unspecified atom stereocenters. The fourth-order valence-electron chi connectivity index (χ4n) is 10.6. The minimum atomic E-state index is -1.63. The van der Waals surface area contributed by atoms with Crippen molar-refractivity contribution in [1.82, 2.24) is 4.90 Å². The first-order chi connectivity index (χ1) is 36.5. The van der Waals surface area contributed by atoms with Gasteiger partial charge in [0.15, 0.2) is 0 Å². The van der Waals surface area contributed by atoms with Crippen molar-refractivity contribution in [3.05, 3.63) is 200 Å². The Labute approximate surface area is 439 Å². The predicted octanol–water partition coefficient (Wildman–Crippen LogP) is 11.4. The minimum absolute atomic E-state index is 0.0120. The molecule has 1 fully saturated rings. The molecule has 2 aliphatic carbocycles. The minimum Gasteiger partial charge on any atom is -0.493 e. The summed E-state index contributed by atoms with van der Waals surface area (Å²) in [6.07, 6.45) is 10.9. The van der Waals surface area contributed by atoms with E-state index in [0.717, 1.165) is 28.9 Å². The van der Waals surface area contributed by atoms with Crippen LogP contribution in [0, 0.1) is 43.8 Å². The highest BCUT2D eigenvalue weighted by Gasteiger charge is 2.65. The second-order valence-corrected chi connectivity index (χ2v) is 19.9. The summed E-state index contributed by atoms with van der Waals surface area (Å²) in [5.41, 5.74) is 3.79. The summed E-state index contributed by atoms with van der Waals surface area (Å²) in [5, 5.41) is 48.0. The third-order valence-corrected chi connectivity index (χ3v) is 15.0. The van der Waals surface area contributed by atoms with Crippen LogP contribution >= 0.6 is 11.8 Å². The topological polar surface area (TPSA) is 196 Å². The molecule has 75 heavy (non-hydrogen) atoms. The van der Waals surface area contributed by atoms with Gasteiger partial charge >= 0.3 is 0 Å². The maximum Gasteiger partial charge on any atom is 0.269 e. The smallest absolute Gasteiger partial charge is 0.269 e. The van der Waals surface area contributed by atoms with Gasteiger partial charge in [0.25, 0.3) is 11.4 Å². The van der Waals surface area contributed by atoms with Crippen LogP contribution in [-0.2, 0) is 27.5 Å². The van der Waals surface area contributed by atoms with E-state index in [1.165, 1.54) is 42.5 Å². The van der Waals surface area contributed by atoms with Crippen LogP contribution in [0.3, 0.4) is 0 Å². The molecule has 0 radical (unpaired) electrons. The number of hydrogen-bond donors (Lipinski definition) is 2. The van der Waals surface area contributed by atoms with E-state index in [2.05, 4.69) is 24.8 Å². The highest BCUT2D eigenvalue weighted by atomic mass is 32.2. The molecular formula is C58H61FN4O11S. The van der Waals surface area contributed by atoms with Crippen LogP contribution in [0.1, 0.15) is 73.1 Å². The van der Waals surface area contributed by atoms with Crippen molar-refractivity contribution < 1.29 is 48.3 Å². The number of rotatable bonds is 26. The van der Waals surface area contributed by atoms with Crippen molar-refractivity contribution in [2.75, 3.05) is 32.2 Å². The van der Waals surface area contributed by atoms with Gasteiger partial charge in [-0.25, -0.2) is 4.39 Å². The molecule has 3 aliphatic rings. The van der Waals surface area contributed by atoms with E-state index in [9.17, 15) is 34.8 Å². The highest BCUT2D eigenvalue weighted by molar-refractivity contribution is 7.99. The zero-order valence-electron chi connectivity index (χ0n) is 41.5. The lowest BCUT2D eigenvalue weighted by Gasteiger charge is -2.60. The van der Waals surface area contributed by atoms with Crippen molar-refractivity contribution in [1.29, 1.82) is 0 Å². The number of ether oxygens (including phenoxy) is 3. The number of halogens is 1. The Morgan fingerprint density at radius 2 is 1.56 bits per heavy atom. The molecule has 0 bridgehead atoms. The number of allylic oxidation sites excluding steroid dienone is 1. The third-order valence-electron chi connectivity index (χ3n) is 14.0. The number of hydrogen-bond acceptors (Lipinski definition) is 13. The van der Waals surface area contributed by atoms with Gasteiger partial charge in [0.05, 0.1) is 34.7 Å². The average molecular weight is 1040 g/mol. The molecule has 17 heteroatoms. The van der Waals surface area contributed by atoms with E-state index in [1.54, 1.807) is 65.2 Å². The molecular weight excluding hydrogens is 980 g/mol. The van der Waals surface area contributed by atoms with Crippen molar-refractivity contribution in [3.63, 3.8) is 0 Å². The van der Waals surface area contributed by atoms with Crippen molar-refractivity contribution in [2.45, 2.75) is 80.7 Å². The van der Waals surface area contributed by atoms with E-state index >= 15 is 4.79 Å². The first-order valence-electron chi connectivity index (χ1n) is 25.2. The second kappa shape index (κ2) is 25.9. The molecule has 0 saturated heterocycles. The van der Waals surface area contributed by atoms with Gasteiger partial charge in [0, 0.05) is 78.7 Å². The van der Waals surface area contributed by atoms with E-state index in [-0.39, 0.29) is 68.5 Å². The Morgan fingerprint density at radius 3 is 2.24 bits per heavy atom. The average Bonchev–Trinajstić information content (AvgIpc) is 3.57. The van der Waals surface area contributed by atoms with Crippen molar-refractivity contribution in [3.8, 4) is 11.5 Å². The van der Waals surface area contributed by atoms with Gasteiger partial charge in [-0.3, -0.25) is 25.0 Å². The number of fused-ring (bicyclic) bond motifs is 2. The van der Waals surface area contributed by atoms with Gasteiger partial charge in [-0.2, -0.15) is 0 Å². The normalized spacial score (nSPS) is 21.1. The molecule has 392 valence electrons. The van der Waals surface area contributed by atoms with E-state index in [4.69, 9.17) is 24.2 Å². The monoisotopic (exact) mass is 1040 g/mol. The van der Waals surface area contributed by atoms with Crippen LogP contribution in [0.2, 0.25) is 0 Å². The zero-order valence-corrected chi connectivity index (χ0v) is 42.3. The maximum absolute atomic E-state index is 15.3. The molecule has 0 aromatic heterocycles. The van der Waals surface area contributed by atoms with Gasteiger partial charge in [0.2, 0.25) is 11.7 Å². The molecule has 5 aromatic rings. The number of aliphatic hydroxyl groups is 2. The second-order valence-electron chi connectivity index (χ2n) is 18.8. The Kier molecular flexibility index (Phi) is 18.6. The Balaban J connectivity index is 1.30. The quantitative estimate of drug-likeness (QED) is 0.0133. The van der Waals surface area contributed by atoms with Crippen LogP contribution in [0.5, 0.6) is 11.5 Å². The van der Waals surface area contributed by atoms with Crippen LogP contribution in [0.25, 0.3) is 6.08 Å². The maximum atomic E-state index is 15.3. The molecule has 8 rings (SSSR count). The SMILES string of the molecule is C=CCOC12Oc3ccc(OCCSc4ccccc4)cc3C3C(CCCCO)C(CCCCO)C=C(C(=NOCc4ccc([N+](=O)[O-])cc4)CC1N(Cc1ccc(F)cc1)C(=O)C=Cc1ccc([N+](=O)[O-])cc1)C32. The van der Waals surface area contributed by atoms with Gasteiger partial charge in [0.1, 0.15) is 30.0 Å². The number of unbranched alkanes of at least 4 members (excludes halogenated alkanes) is 2. The Morgan fingerprint density at radius 1 is 0.880 bits per heavy atom. The molecule has 6 atom stereocenters. The first-order valence-corrected chi connectivity index (χ1v) is 26.2. The summed E-state index contributed by atoms with van der Waals surface area (Å²) >= 11 is 1.69. The molecule has 1 heterocycles. The van der Waals surface area contributed by atoms with E-state index < -0.39 is 39.3 Å². The van der Waals surface area contributed by atoms with Gasteiger partial charge in [-0.1, -0.05) is 60.5 Å². The zero-order chi connectivity index (χ0) is 52.7. The predicted molar refractivity (Wildman–Crippen MR) is 285 cm³/mol. The standard InChI is InChI=1S/C58H61FN4O11S/c1-2-32-72-58-54(61(38-41-14-21-44(59)22-15-41)55(66)29-20-40-16-23-45(24-17-40)62(67)68)37-52(60-73-39-42-18-25-46(26-19-42)63(69)70)50-35-43(10-6-8-30-64)49(13-7-9-31-65)56(57(50)58)51-36-47(27-28-53(51)74-58)71-33-34-75-48-11-4-3-5-12-48/h2-5,11-12,14-29,35-36,43,49,54,56-57,64-65H,1,6-10,13,30-34,37-39H2. The summed E-state index contributed by atoms with van der Waals surface area (Å²) in [7, 11) is 0. The van der Waals surface area contributed by atoms with E-state index in [1.807, 2.05) is 36.4 Å². The lowest BCUT2D eigenvalue weighted by atomic mass is 9.55. The van der Waals surface area contributed by atoms with Crippen LogP contribution in [0.15, 0.2) is 162 Å². The fourth-order valence-corrected chi connectivity index (χ4v) is 11.3. The number of carbonyl (C=O) groups excluding carboxylic acids is 1. The summed E-state index contributed by atoms with van der Waals surface area (Å²) in [6.45, 7) is 4.45. The number of nitro benzene ring substituents is 2. The molecule has 1 aliphatic heterocycles. The summed E-state index contributed by atoms with van der Waals surface area (Å²) < 4.78 is 35.6. The lowest BCUT2D eigenvalue weighted by molar-refractivity contribution is -0.385. The van der Waals surface area contributed by atoms with Crippen molar-refractivity contribution in [2.24, 2.45) is 22.9 Å². The van der Waals surface area contributed by atoms with Crippen LogP contribution in [0.4, 0.5) is 15.8 Å². The van der Waals surface area contributed by atoms with Gasteiger partial charge < -0.3 is 34.2 Å². The van der Waals surface area contributed by atoms with Crippen LogP contribution < -0.4 is 9.47 Å². The summed E-state index contributed by atoms with van der Waals surface area (Å²) in [6, 6.07) is 32.6. The van der Waals surface area contributed by atoms with Gasteiger partial charge in [-0.15, -0.1) is 18.3 Å². The van der Waals surface area contributed by atoms with E-state index in [0.29, 0.717) is 71.9 Å². The Hall–Kier alpha value is -7.18. The first kappa shape index (κ1) is 54.1. The number of benzene rings is 5.